The van der Waals surface area contributed by atoms with E-state index in [1.807, 2.05) is 4.90 Å². The van der Waals surface area contributed by atoms with E-state index >= 15 is 0 Å². The second-order valence-electron chi connectivity index (χ2n) is 5.94. The molecule has 1 saturated heterocycles. The molecule has 0 aromatic heterocycles. The van der Waals surface area contributed by atoms with E-state index in [2.05, 4.69) is 11.9 Å². The van der Waals surface area contributed by atoms with Crippen molar-refractivity contribution in [1.29, 1.82) is 0 Å². The smallest absolute Gasteiger partial charge is 0.225 e. The third-order valence-corrected chi connectivity index (χ3v) is 4.60. The Morgan fingerprint density at radius 1 is 1.21 bits per heavy atom. The number of aliphatic hydroxyl groups is 2. The molecule has 1 amide bonds. The van der Waals surface area contributed by atoms with Crippen molar-refractivity contribution in [2.24, 2.45) is 5.92 Å². The number of hydrogen-bond acceptors (Lipinski definition) is 4. The van der Waals surface area contributed by atoms with E-state index in [1.165, 1.54) is 0 Å². The lowest BCUT2D eigenvalue weighted by Crippen LogP contribution is -2.54. The molecule has 2 N–H and O–H groups in total. The molecule has 1 aliphatic carbocycles. The first-order valence-corrected chi connectivity index (χ1v) is 7.39. The molecule has 1 saturated carbocycles. The van der Waals surface area contributed by atoms with Crippen LogP contribution in [0.5, 0.6) is 0 Å². The van der Waals surface area contributed by atoms with Gasteiger partial charge in [-0.3, -0.25) is 9.69 Å². The molecule has 19 heavy (non-hydrogen) atoms. The number of rotatable bonds is 3. The predicted molar refractivity (Wildman–Crippen MR) is 72.7 cm³/mol. The van der Waals surface area contributed by atoms with Gasteiger partial charge in [-0.1, -0.05) is 0 Å². The maximum atomic E-state index is 12.5. The van der Waals surface area contributed by atoms with Gasteiger partial charge in [0, 0.05) is 38.2 Å². The number of aliphatic hydroxyl groups excluding tert-OH is 2. The first kappa shape index (κ1) is 14.8. The van der Waals surface area contributed by atoms with Gasteiger partial charge in [-0.2, -0.15) is 0 Å². The van der Waals surface area contributed by atoms with Gasteiger partial charge in [-0.25, -0.2) is 0 Å². The van der Waals surface area contributed by atoms with Crippen LogP contribution in [0.15, 0.2) is 0 Å². The Labute approximate surface area is 115 Å². The maximum Gasteiger partial charge on any atom is 0.225 e. The van der Waals surface area contributed by atoms with Crippen molar-refractivity contribution in [2.45, 2.75) is 44.2 Å². The summed E-state index contributed by atoms with van der Waals surface area (Å²) in [5, 5.41) is 18.6. The van der Waals surface area contributed by atoms with Crippen LogP contribution in [0.25, 0.3) is 0 Å². The molecule has 110 valence electrons. The first-order valence-electron chi connectivity index (χ1n) is 7.39. The Hall–Kier alpha value is -0.650. The van der Waals surface area contributed by atoms with E-state index in [1.54, 1.807) is 0 Å². The van der Waals surface area contributed by atoms with Crippen LogP contribution in [-0.4, -0.2) is 71.4 Å². The fraction of sp³-hybridized carbons (Fsp3) is 0.929. The van der Waals surface area contributed by atoms with Crippen LogP contribution in [-0.2, 0) is 4.79 Å². The van der Waals surface area contributed by atoms with Crippen molar-refractivity contribution in [3.63, 3.8) is 0 Å². The first-order chi connectivity index (χ1) is 9.11. The Bertz CT molecular complexity index is 303. The lowest BCUT2D eigenvalue weighted by molar-refractivity contribution is -0.140. The Kier molecular flexibility index (Phi) is 5.19. The van der Waals surface area contributed by atoms with Crippen LogP contribution in [0.3, 0.4) is 0 Å². The number of amides is 1. The van der Waals surface area contributed by atoms with E-state index in [4.69, 9.17) is 5.11 Å². The Balaban J connectivity index is 1.88. The summed E-state index contributed by atoms with van der Waals surface area (Å²) in [7, 11) is 2.05. The van der Waals surface area contributed by atoms with Crippen LogP contribution >= 0.6 is 0 Å². The lowest BCUT2D eigenvalue weighted by Gasteiger charge is -2.41. The zero-order valence-corrected chi connectivity index (χ0v) is 11.8. The summed E-state index contributed by atoms with van der Waals surface area (Å²) in [6.45, 7) is 2.57. The summed E-state index contributed by atoms with van der Waals surface area (Å²) in [4.78, 5) is 16.7. The highest BCUT2D eigenvalue weighted by Gasteiger charge is 2.32. The standard InChI is InChI=1S/C14H26N2O3/c1-15-7-8-16(10-12(15)6-9-17)14(19)11-2-4-13(18)5-3-11/h11-13,17-18H,2-10H2,1H3. The minimum Gasteiger partial charge on any atom is -0.396 e. The maximum absolute atomic E-state index is 12.5. The van der Waals surface area contributed by atoms with E-state index in [0.717, 1.165) is 51.7 Å². The van der Waals surface area contributed by atoms with E-state index < -0.39 is 0 Å². The van der Waals surface area contributed by atoms with Crippen molar-refractivity contribution < 1.29 is 15.0 Å². The molecule has 5 nitrogen and oxygen atoms in total. The van der Waals surface area contributed by atoms with E-state index in [-0.39, 0.29) is 30.6 Å². The topological polar surface area (TPSA) is 64.0 Å². The van der Waals surface area contributed by atoms with Crippen LogP contribution in [0.2, 0.25) is 0 Å². The van der Waals surface area contributed by atoms with Crippen molar-refractivity contribution in [2.75, 3.05) is 33.3 Å². The molecule has 2 rings (SSSR count). The number of carbonyl (C=O) groups is 1. The van der Waals surface area contributed by atoms with Crippen LogP contribution in [0.4, 0.5) is 0 Å². The molecule has 2 fully saturated rings. The number of piperazine rings is 1. The van der Waals surface area contributed by atoms with Crippen molar-refractivity contribution >= 4 is 5.91 Å². The SMILES string of the molecule is CN1CCN(C(=O)C2CCC(O)CC2)CC1CCO. The molecule has 1 aliphatic heterocycles. The molecule has 1 atom stereocenters. The fourth-order valence-corrected chi connectivity index (χ4v) is 3.19. The van der Waals surface area contributed by atoms with Crippen LogP contribution in [0, 0.1) is 5.92 Å². The summed E-state index contributed by atoms with van der Waals surface area (Å²) in [6, 6.07) is 0.275. The second-order valence-corrected chi connectivity index (χ2v) is 5.94. The monoisotopic (exact) mass is 270 g/mol. The van der Waals surface area contributed by atoms with Gasteiger partial charge in [-0.05, 0) is 39.2 Å². The average Bonchev–Trinajstić information content (AvgIpc) is 2.41. The predicted octanol–water partition coefficient (Wildman–Crippen LogP) is 0.0625. The molecule has 2 aliphatic rings. The van der Waals surface area contributed by atoms with Crippen molar-refractivity contribution in [3.8, 4) is 0 Å². The Morgan fingerprint density at radius 2 is 1.89 bits per heavy atom. The van der Waals surface area contributed by atoms with Gasteiger partial charge in [0.15, 0.2) is 0 Å². The van der Waals surface area contributed by atoms with Gasteiger partial charge in [0.2, 0.25) is 5.91 Å². The molecule has 0 spiro atoms. The highest BCUT2D eigenvalue weighted by molar-refractivity contribution is 5.79. The highest BCUT2D eigenvalue weighted by atomic mass is 16.3. The minimum atomic E-state index is -0.210. The fourth-order valence-electron chi connectivity index (χ4n) is 3.19. The van der Waals surface area contributed by atoms with Gasteiger partial charge in [0.25, 0.3) is 0 Å². The van der Waals surface area contributed by atoms with Gasteiger partial charge < -0.3 is 15.1 Å². The van der Waals surface area contributed by atoms with Crippen molar-refractivity contribution in [1.82, 2.24) is 9.80 Å². The molecule has 0 bridgehead atoms. The molecule has 1 unspecified atom stereocenters. The zero-order chi connectivity index (χ0) is 13.8. The number of carbonyl (C=O) groups excluding carboxylic acids is 1. The summed E-state index contributed by atoms with van der Waals surface area (Å²) >= 11 is 0. The largest absolute Gasteiger partial charge is 0.396 e. The van der Waals surface area contributed by atoms with Gasteiger partial charge >= 0.3 is 0 Å². The molecule has 0 radical (unpaired) electrons. The highest BCUT2D eigenvalue weighted by Crippen LogP contribution is 2.26. The second kappa shape index (κ2) is 6.68. The van der Waals surface area contributed by atoms with Crippen molar-refractivity contribution in [3.05, 3.63) is 0 Å². The van der Waals surface area contributed by atoms with Crippen LogP contribution < -0.4 is 0 Å². The quantitative estimate of drug-likeness (QED) is 0.761. The average molecular weight is 270 g/mol. The third-order valence-electron chi connectivity index (χ3n) is 4.60. The van der Waals surface area contributed by atoms with E-state index in [9.17, 15) is 9.90 Å². The van der Waals surface area contributed by atoms with Gasteiger partial charge in [0.1, 0.15) is 0 Å². The molecule has 5 heteroatoms. The normalized spacial score (nSPS) is 33.4. The molecule has 0 aromatic rings. The van der Waals surface area contributed by atoms with Crippen LogP contribution in [0.1, 0.15) is 32.1 Å². The Morgan fingerprint density at radius 3 is 2.53 bits per heavy atom. The minimum absolute atomic E-state index is 0.0987. The van der Waals surface area contributed by atoms with Gasteiger partial charge in [-0.15, -0.1) is 0 Å². The summed E-state index contributed by atoms with van der Waals surface area (Å²) in [5.41, 5.74) is 0. The summed E-state index contributed by atoms with van der Waals surface area (Å²) in [6.07, 6.45) is 3.66. The lowest BCUT2D eigenvalue weighted by atomic mass is 9.86. The third kappa shape index (κ3) is 3.68. The number of hydrogen-bond donors (Lipinski definition) is 2. The number of nitrogens with zero attached hydrogens (tertiary/aromatic N) is 2. The number of likely N-dealkylation sites (N-methyl/N-ethyl adjacent to an activating group) is 1. The molecular weight excluding hydrogens is 244 g/mol. The molecule has 0 aromatic carbocycles. The van der Waals surface area contributed by atoms with Gasteiger partial charge in [0.05, 0.1) is 6.10 Å². The zero-order valence-electron chi connectivity index (χ0n) is 11.8. The summed E-state index contributed by atoms with van der Waals surface area (Å²) in [5.74, 6) is 0.351. The molecule has 1 heterocycles. The van der Waals surface area contributed by atoms with E-state index in [0.29, 0.717) is 0 Å². The summed E-state index contributed by atoms with van der Waals surface area (Å²) < 4.78 is 0. The molecular formula is C14H26N2O3.